The third-order valence-corrected chi connectivity index (χ3v) is 6.30. The maximum Gasteiger partial charge on any atom is 0.175 e. The first-order valence-electron chi connectivity index (χ1n) is 8.26. The maximum absolute atomic E-state index is 11.5. The summed E-state index contributed by atoms with van der Waals surface area (Å²) >= 11 is 0. The number of rotatable bonds is 3. The van der Waals surface area contributed by atoms with Crippen molar-refractivity contribution in [1.29, 1.82) is 0 Å². The van der Waals surface area contributed by atoms with Crippen molar-refractivity contribution < 1.29 is 8.42 Å². The van der Waals surface area contributed by atoms with Gasteiger partial charge in [-0.05, 0) is 63.4 Å². The molecule has 0 saturated carbocycles. The highest BCUT2D eigenvalue weighted by Gasteiger charge is 2.30. The number of likely N-dealkylation sites (tertiary alicyclic amines) is 1. The molecule has 0 aliphatic carbocycles. The molecular weight excluding hydrogens is 296 g/mol. The van der Waals surface area contributed by atoms with Crippen LogP contribution < -0.4 is 4.90 Å². The Kier molecular flexibility index (Phi) is 4.46. The minimum Gasteiger partial charge on any atom is -0.371 e. The second-order valence-electron chi connectivity index (χ2n) is 6.71. The highest BCUT2D eigenvalue weighted by atomic mass is 32.2. The van der Waals surface area contributed by atoms with E-state index in [-0.39, 0.29) is 0 Å². The summed E-state index contributed by atoms with van der Waals surface area (Å²) in [6, 6.07) is 8.79. The van der Waals surface area contributed by atoms with Crippen LogP contribution in [-0.2, 0) is 9.84 Å². The first kappa shape index (κ1) is 15.8. The number of nitrogens with zero attached hydrogens (tertiary/aromatic N) is 2. The summed E-state index contributed by atoms with van der Waals surface area (Å²) in [5.74, 6) is 0. The van der Waals surface area contributed by atoms with Crippen molar-refractivity contribution in [3.63, 3.8) is 0 Å². The number of piperidine rings is 1. The fourth-order valence-corrected chi connectivity index (χ4v) is 4.49. The third-order valence-electron chi connectivity index (χ3n) is 5.17. The van der Waals surface area contributed by atoms with Gasteiger partial charge in [-0.2, -0.15) is 0 Å². The van der Waals surface area contributed by atoms with Crippen LogP contribution in [-0.4, -0.2) is 51.3 Å². The van der Waals surface area contributed by atoms with Gasteiger partial charge in [0.05, 0.1) is 4.90 Å². The van der Waals surface area contributed by atoms with Gasteiger partial charge in [0.15, 0.2) is 9.84 Å². The van der Waals surface area contributed by atoms with E-state index in [4.69, 9.17) is 0 Å². The first-order valence-corrected chi connectivity index (χ1v) is 10.1. The van der Waals surface area contributed by atoms with Crippen molar-refractivity contribution in [3.8, 4) is 0 Å². The zero-order valence-electron chi connectivity index (χ0n) is 13.5. The van der Waals surface area contributed by atoms with Gasteiger partial charge >= 0.3 is 0 Å². The molecule has 2 fully saturated rings. The minimum absolute atomic E-state index is 0.400. The van der Waals surface area contributed by atoms with Gasteiger partial charge in [0.2, 0.25) is 0 Å². The number of sulfone groups is 1. The predicted molar refractivity (Wildman–Crippen MR) is 90.2 cm³/mol. The van der Waals surface area contributed by atoms with Gasteiger partial charge in [-0.3, -0.25) is 4.90 Å². The molecule has 0 aromatic heterocycles. The van der Waals surface area contributed by atoms with Crippen molar-refractivity contribution in [2.24, 2.45) is 0 Å². The lowest BCUT2D eigenvalue weighted by Crippen LogP contribution is -2.46. The zero-order chi connectivity index (χ0) is 15.7. The van der Waals surface area contributed by atoms with Crippen molar-refractivity contribution in [3.05, 3.63) is 24.3 Å². The summed E-state index contributed by atoms with van der Waals surface area (Å²) in [6.45, 7) is 5.73. The fraction of sp³-hybridized carbons (Fsp3) is 0.647. The highest BCUT2D eigenvalue weighted by molar-refractivity contribution is 7.90. The SMILES string of the molecule is CC1CCCN1C1CCN(c2ccc(S(C)(=O)=O)cc2)CC1. The second-order valence-corrected chi connectivity index (χ2v) is 8.73. The van der Waals surface area contributed by atoms with Crippen molar-refractivity contribution >= 4 is 15.5 Å². The molecule has 22 heavy (non-hydrogen) atoms. The molecule has 0 bridgehead atoms. The zero-order valence-corrected chi connectivity index (χ0v) is 14.3. The van der Waals surface area contributed by atoms with E-state index in [1.165, 1.54) is 38.5 Å². The standard InChI is InChI=1S/C17H26N2O2S/c1-14-4-3-11-19(14)16-9-12-18(13-10-16)15-5-7-17(8-6-15)22(2,20)21/h5-8,14,16H,3-4,9-13H2,1-2H3. The van der Waals surface area contributed by atoms with Crippen LogP contribution in [0.2, 0.25) is 0 Å². The smallest absolute Gasteiger partial charge is 0.175 e. The molecule has 4 nitrogen and oxygen atoms in total. The Bertz CT molecular complexity index is 604. The highest BCUT2D eigenvalue weighted by Crippen LogP contribution is 2.28. The molecule has 0 spiro atoms. The predicted octanol–water partition coefficient (Wildman–Crippen LogP) is 2.54. The van der Waals surface area contributed by atoms with Crippen LogP contribution in [0.15, 0.2) is 29.2 Å². The number of anilines is 1. The molecule has 122 valence electrons. The Hall–Kier alpha value is -1.07. The van der Waals surface area contributed by atoms with Gasteiger partial charge in [-0.15, -0.1) is 0 Å². The molecule has 1 atom stereocenters. The van der Waals surface area contributed by atoms with Crippen LogP contribution >= 0.6 is 0 Å². The van der Waals surface area contributed by atoms with Gasteiger partial charge in [0.25, 0.3) is 0 Å². The Morgan fingerprint density at radius 3 is 2.14 bits per heavy atom. The minimum atomic E-state index is -3.10. The largest absolute Gasteiger partial charge is 0.371 e. The molecule has 1 aromatic carbocycles. The summed E-state index contributed by atoms with van der Waals surface area (Å²) < 4.78 is 23.0. The van der Waals surface area contributed by atoms with Crippen LogP contribution in [0, 0.1) is 0 Å². The third kappa shape index (κ3) is 3.30. The van der Waals surface area contributed by atoms with E-state index in [1.807, 2.05) is 12.1 Å². The van der Waals surface area contributed by atoms with Crippen molar-refractivity contribution in [2.45, 2.75) is 49.6 Å². The molecule has 1 unspecified atom stereocenters. The summed E-state index contributed by atoms with van der Waals surface area (Å²) in [5, 5.41) is 0. The lowest BCUT2D eigenvalue weighted by molar-refractivity contribution is 0.163. The van der Waals surface area contributed by atoms with E-state index in [1.54, 1.807) is 12.1 Å². The molecule has 1 aromatic rings. The maximum atomic E-state index is 11.5. The number of hydrogen-bond donors (Lipinski definition) is 0. The molecule has 2 heterocycles. The van der Waals surface area contributed by atoms with Crippen molar-refractivity contribution in [2.75, 3.05) is 30.8 Å². The lowest BCUT2D eigenvalue weighted by Gasteiger charge is -2.39. The summed E-state index contributed by atoms with van der Waals surface area (Å²) in [6.07, 6.45) is 6.35. The van der Waals surface area contributed by atoms with Crippen molar-refractivity contribution in [1.82, 2.24) is 4.90 Å². The number of benzene rings is 1. The van der Waals surface area contributed by atoms with Crippen LogP contribution in [0.25, 0.3) is 0 Å². The summed E-state index contributed by atoms with van der Waals surface area (Å²) in [7, 11) is -3.10. The van der Waals surface area contributed by atoms with Gasteiger partial charge in [-0.1, -0.05) is 0 Å². The molecule has 0 radical (unpaired) electrons. The molecule has 2 aliphatic rings. The Morgan fingerprint density at radius 2 is 1.64 bits per heavy atom. The average Bonchev–Trinajstić information content (AvgIpc) is 2.93. The average molecular weight is 322 g/mol. The molecule has 2 saturated heterocycles. The van der Waals surface area contributed by atoms with Crippen LogP contribution in [0.3, 0.4) is 0 Å². The summed E-state index contributed by atoms with van der Waals surface area (Å²) in [4.78, 5) is 5.46. The Labute approximate surface area is 134 Å². The van der Waals surface area contributed by atoms with E-state index in [0.29, 0.717) is 4.90 Å². The molecule has 2 aliphatic heterocycles. The van der Waals surface area contributed by atoms with Gasteiger partial charge in [-0.25, -0.2) is 8.42 Å². The topological polar surface area (TPSA) is 40.6 Å². The van der Waals surface area contributed by atoms with E-state index in [2.05, 4.69) is 16.7 Å². The normalized spacial score (nSPS) is 24.8. The van der Waals surface area contributed by atoms with Crippen LogP contribution in [0.5, 0.6) is 0 Å². The molecule has 3 rings (SSSR count). The molecular formula is C17H26N2O2S. The van der Waals surface area contributed by atoms with Gasteiger partial charge in [0.1, 0.15) is 0 Å². The van der Waals surface area contributed by atoms with E-state index in [0.717, 1.165) is 30.9 Å². The second kappa shape index (κ2) is 6.20. The van der Waals surface area contributed by atoms with Crippen LogP contribution in [0.4, 0.5) is 5.69 Å². The van der Waals surface area contributed by atoms with Gasteiger partial charge in [0, 0.05) is 37.1 Å². The quantitative estimate of drug-likeness (QED) is 0.857. The Balaban J connectivity index is 1.61. The van der Waals surface area contributed by atoms with E-state index < -0.39 is 9.84 Å². The van der Waals surface area contributed by atoms with E-state index >= 15 is 0 Å². The monoisotopic (exact) mass is 322 g/mol. The fourth-order valence-electron chi connectivity index (χ4n) is 3.86. The first-order chi connectivity index (χ1) is 10.4. The molecule has 0 N–H and O–H groups in total. The molecule has 5 heteroatoms. The number of hydrogen-bond acceptors (Lipinski definition) is 4. The lowest BCUT2D eigenvalue weighted by atomic mass is 10.0. The Morgan fingerprint density at radius 1 is 1.00 bits per heavy atom. The van der Waals surface area contributed by atoms with Gasteiger partial charge < -0.3 is 4.90 Å². The summed E-state index contributed by atoms with van der Waals surface area (Å²) in [5.41, 5.74) is 1.14. The molecule has 0 amide bonds. The van der Waals surface area contributed by atoms with E-state index in [9.17, 15) is 8.42 Å². The van der Waals surface area contributed by atoms with Crippen LogP contribution in [0.1, 0.15) is 32.6 Å².